The Morgan fingerprint density at radius 2 is 2.06 bits per heavy atom. The van der Waals surface area contributed by atoms with Gasteiger partial charge in [0.25, 0.3) is 0 Å². The molecular weight excluding hydrogens is 202 g/mol. The molecule has 0 aliphatic carbocycles. The average Bonchev–Trinajstić information content (AvgIpc) is 2.57. The Morgan fingerprint density at radius 3 is 2.62 bits per heavy atom. The normalized spacial score (nSPS) is 10.8. The highest BCUT2D eigenvalue weighted by Crippen LogP contribution is 2.17. The highest BCUT2D eigenvalue weighted by atomic mass is 15.3. The first-order valence-electron chi connectivity index (χ1n) is 5.19. The largest absolute Gasteiger partial charge is 0.326 e. The van der Waals surface area contributed by atoms with Crippen LogP contribution in [0.5, 0.6) is 0 Å². The minimum Gasteiger partial charge on any atom is -0.326 e. The molecule has 2 aromatic heterocycles. The van der Waals surface area contributed by atoms with E-state index < -0.39 is 0 Å². The molecule has 2 rings (SSSR count). The number of aryl methyl sites for hydroxylation is 1. The quantitative estimate of drug-likeness (QED) is 0.816. The van der Waals surface area contributed by atoms with E-state index in [4.69, 9.17) is 5.73 Å². The number of hydrogen-bond acceptors (Lipinski definition) is 4. The van der Waals surface area contributed by atoms with Crippen molar-refractivity contribution in [2.45, 2.75) is 27.3 Å². The van der Waals surface area contributed by atoms with Gasteiger partial charge in [-0.2, -0.15) is 10.2 Å². The van der Waals surface area contributed by atoms with Crippen LogP contribution in [0.3, 0.4) is 0 Å². The molecule has 0 aliphatic heterocycles. The van der Waals surface area contributed by atoms with Crippen LogP contribution in [-0.2, 0) is 6.54 Å². The predicted molar refractivity (Wildman–Crippen MR) is 61.3 cm³/mol. The number of nitrogens with zero attached hydrogens (tertiary/aromatic N) is 4. The lowest BCUT2D eigenvalue weighted by Crippen LogP contribution is -2.10. The monoisotopic (exact) mass is 217 g/mol. The second-order valence-corrected chi connectivity index (χ2v) is 3.79. The molecule has 0 atom stereocenters. The Labute approximate surface area is 94.3 Å². The van der Waals surface area contributed by atoms with Crippen LogP contribution >= 0.6 is 0 Å². The Bertz CT molecular complexity index is 515. The van der Waals surface area contributed by atoms with Crippen molar-refractivity contribution in [2.75, 3.05) is 0 Å². The molecule has 2 aromatic rings. The van der Waals surface area contributed by atoms with Crippen molar-refractivity contribution in [3.63, 3.8) is 0 Å². The fourth-order valence-electron chi connectivity index (χ4n) is 1.61. The van der Waals surface area contributed by atoms with E-state index in [2.05, 4.69) is 15.3 Å². The summed E-state index contributed by atoms with van der Waals surface area (Å²) in [6, 6.07) is 1.87. The minimum absolute atomic E-state index is 0.433. The second kappa shape index (κ2) is 4.02. The lowest BCUT2D eigenvalue weighted by atomic mass is 10.2. The molecule has 0 amide bonds. The first-order chi connectivity index (χ1) is 7.65. The summed E-state index contributed by atoms with van der Waals surface area (Å²) >= 11 is 0. The van der Waals surface area contributed by atoms with Gasteiger partial charge in [-0.05, 0) is 32.4 Å². The van der Waals surface area contributed by atoms with Crippen LogP contribution in [0.4, 0.5) is 0 Å². The Balaban J connectivity index is 2.63. The highest BCUT2D eigenvalue weighted by molar-refractivity contribution is 5.36. The Hall–Kier alpha value is -1.75. The topological polar surface area (TPSA) is 69.6 Å². The predicted octanol–water partition coefficient (Wildman–Crippen LogP) is 1.05. The van der Waals surface area contributed by atoms with Crippen LogP contribution in [-0.4, -0.2) is 20.0 Å². The number of hydrogen-bond donors (Lipinski definition) is 1. The van der Waals surface area contributed by atoms with Gasteiger partial charge in [0.15, 0.2) is 5.82 Å². The molecule has 2 N–H and O–H groups in total. The first-order valence-corrected chi connectivity index (χ1v) is 5.19. The van der Waals surface area contributed by atoms with E-state index in [9.17, 15) is 0 Å². The third-order valence-electron chi connectivity index (χ3n) is 2.86. The Kier molecular flexibility index (Phi) is 2.70. The van der Waals surface area contributed by atoms with Gasteiger partial charge in [0.2, 0.25) is 0 Å². The molecule has 2 heterocycles. The van der Waals surface area contributed by atoms with E-state index in [0.29, 0.717) is 6.54 Å². The van der Waals surface area contributed by atoms with Gasteiger partial charge in [-0.3, -0.25) is 0 Å². The summed E-state index contributed by atoms with van der Waals surface area (Å²) in [5, 5.41) is 12.4. The summed E-state index contributed by atoms with van der Waals surface area (Å²) in [5.74, 6) is 0.721. The molecule has 0 saturated carbocycles. The highest BCUT2D eigenvalue weighted by Gasteiger charge is 2.12. The van der Waals surface area contributed by atoms with Crippen LogP contribution in [0.15, 0.2) is 12.3 Å². The van der Waals surface area contributed by atoms with Crippen LogP contribution < -0.4 is 5.73 Å². The SMILES string of the molecule is Cc1nn(-c2nnccc2CN)c(C)c1C. The van der Waals surface area contributed by atoms with Crippen molar-refractivity contribution in [1.82, 2.24) is 20.0 Å². The van der Waals surface area contributed by atoms with E-state index in [1.165, 1.54) is 5.56 Å². The maximum absolute atomic E-state index is 5.67. The van der Waals surface area contributed by atoms with Gasteiger partial charge in [-0.15, -0.1) is 5.10 Å². The molecular formula is C11H15N5. The summed E-state index contributed by atoms with van der Waals surface area (Å²) in [5.41, 5.74) is 9.88. The van der Waals surface area contributed by atoms with E-state index in [0.717, 1.165) is 22.8 Å². The number of nitrogens with two attached hydrogens (primary N) is 1. The van der Waals surface area contributed by atoms with Crippen molar-refractivity contribution in [3.05, 3.63) is 34.8 Å². The van der Waals surface area contributed by atoms with Crippen LogP contribution in [0.25, 0.3) is 5.82 Å². The molecule has 5 heteroatoms. The van der Waals surface area contributed by atoms with Crippen LogP contribution in [0.1, 0.15) is 22.5 Å². The van der Waals surface area contributed by atoms with E-state index >= 15 is 0 Å². The van der Waals surface area contributed by atoms with Crippen molar-refractivity contribution < 1.29 is 0 Å². The standard InChI is InChI=1S/C11H15N5/c1-7-8(2)15-16(9(7)3)11-10(6-12)4-5-13-14-11/h4-5H,6,12H2,1-3H3. The zero-order valence-corrected chi connectivity index (χ0v) is 9.73. The van der Waals surface area contributed by atoms with Gasteiger partial charge < -0.3 is 5.73 Å². The zero-order valence-electron chi connectivity index (χ0n) is 9.73. The lowest BCUT2D eigenvalue weighted by molar-refractivity contribution is 0.763. The minimum atomic E-state index is 0.433. The first kappa shape index (κ1) is 10.8. The van der Waals surface area contributed by atoms with Gasteiger partial charge >= 0.3 is 0 Å². The lowest BCUT2D eigenvalue weighted by Gasteiger charge is -2.06. The summed E-state index contributed by atoms with van der Waals surface area (Å²) in [4.78, 5) is 0. The molecule has 0 spiro atoms. The van der Waals surface area contributed by atoms with E-state index in [1.807, 2.05) is 26.8 Å². The van der Waals surface area contributed by atoms with Crippen molar-refractivity contribution in [2.24, 2.45) is 5.73 Å². The van der Waals surface area contributed by atoms with Crippen molar-refractivity contribution >= 4 is 0 Å². The fraction of sp³-hybridized carbons (Fsp3) is 0.364. The molecule has 0 unspecified atom stereocenters. The third-order valence-corrected chi connectivity index (χ3v) is 2.86. The van der Waals surface area contributed by atoms with Crippen LogP contribution in [0.2, 0.25) is 0 Å². The second-order valence-electron chi connectivity index (χ2n) is 3.79. The molecule has 0 fully saturated rings. The maximum atomic E-state index is 5.67. The van der Waals surface area contributed by atoms with Gasteiger partial charge in [0.1, 0.15) is 0 Å². The van der Waals surface area contributed by atoms with Crippen molar-refractivity contribution in [1.29, 1.82) is 0 Å². The summed E-state index contributed by atoms with van der Waals surface area (Å²) < 4.78 is 1.81. The zero-order chi connectivity index (χ0) is 11.7. The fourth-order valence-corrected chi connectivity index (χ4v) is 1.61. The maximum Gasteiger partial charge on any atom is 0.180 e. The molecule has 0 bridgehead atoms. The van der Waals surface area contributed by atoms with E-state index in [1.54, 1.807) is 10.9 Å². The molecule has 5 nitrogen and oxygen atoms in total. The smallest absolute Gasteiger partial charge is 0.180 e. The molecule has 0 radical (unpaired) electrons. The molecule has 84 valence electrons. The summed E-state index contributed by atoms with van der Waals surface area (Å²) in [6.45, 7) is 6.48. The molecule has 0 aliphatic rings. The van der Waals surface area contributed by atoms with Crippen LogP contribution in [0, 0.1) is 20.8 Å². The van der Waals surface area contributed by atoms with Gasteiger partial charge in [0.05, 0.1) is 11.9 Å². The molecule has 0 saturated heterocycles. The molecule has 0 aromatic carbocycles. The van der Waals surface area contributed by atoms with Gasteiger partial charge in [-0.25, -0.2) is 4.68 Å². The van der Waals surface area contributed by atoms with Gasteiger partial charge in [-0.1, -0.05) is 0 Å². The molecule has 16 heavy (non-hydrogen) atoms. The number of rotatable bonds is 2. The Morgan fingerprint density at radius 1 is 1.31 bits per heavy atom. The summed E-state index contributed by atoms with van der Waals surface area (Å²) in [7, 11) is 0. The van der Waals surface area contributed by atoms with Crippen molar-refractivity contribution in [3.8, 4) is 5.82 Å². The average molecular weight is 217 g/mol. The number of aromatic nitrogens is 4. The third kappa shape index (κ3) is 1.59. The van der Waals surface area contributed by atoms with E-state index in [-0.39, 0.29) is 0 Å². The van der Waals surface area contributed by atoms with Gasteiger partial charge in [0, 0.05) is 17.8 Å². The summed E-state index contributed by atoms with van der Waals surface area (Å²) in [6.07, 6.45) is 1.64.